The SMILES string of the molecule is C=CCNC1CCCC(C(=O)O)C1. The van der Waals surface area contributed by atoms with Crippen molar-refractivity contribution in [2.24, 2.45) is 5.92 Å². The number of carboxylic acid groups (broad SMARTS) is 1. The maximum atomic E-state index is 10.7. The Bertz CT molecular complexity index is 191. The number of carbonyl (C=O) groups is 1. The van der Waals surface area contributed by atoms with Crippen LogP contribution in [0, 0.1) is 5.92 Å². The Kier molecular flexibility index (Phi) is 3.96. The van der Waals surface area contributed by atoms with Crippen LogP contribution in [0.25, 0.3) is 0 Å². The van der Waals surface area contributed by atoms with E-state index in [0.29, 0.717) is 6.04 Å². The minimum atomic E-state index is -0.648. The zero-order valence-corrected chi connectivity index (χ0v) is 7.83. The quantitative estimate of drug-likeness (QED) is 0.648. The summed E-state index contributed by atoms with van der Waals surface area (Å²) in [5.41, 5.74) is 0. The third-order valence-corrected chi connectivity index (χ3v) is 2.57. The molecule has 1 aliphatic rings. The molecule has 2 atom stereocenters. The summed E-state index contributed by atoms with van der Waals surface area (Å²) in [6.07, 6.45) is 5.53. The molecule has 0 bridgehead atoms. The summed E-state index contributed by atoms with van der Waals surface area (Å²) < 4.78 is 0. The van der Waals surface area contributed by atoms with Crippen LogP contribution in [0.1, 0.15) is 25.7 Å². The number of nitrogens with one attached hydrogen (secondary N) is 1. The predicted octanol–water partition coefficient (Wildman–Crippen LogP) is 1.41. The molecule has 2 unspecified atom stereocenters. The van der Waals surface area contributed by atoms with Gasteiger partial charge >= 0.3 is 5.97 Å². The molecule has 1 rings (SSSR count). The molecule has 0 amide bonds. The Hall–Kier alpha value is -0.830. The fourth-order valence-electron chi connectivity index (χ4n) is 1.85. The van der Waals surface area contributed by atoms with E-state index in [4.69, 9.17) is 5.11 Å². The molecule has 0 spiro atoms. The molecule has 74 valence electrons. The molecule has 0 aromatic rings. The zero-order valence-electron chi connectivity index (χ0n) is 7.83. The van der Waals surface area contributed by atoms with E-state index in [9.17, 15) is 4.79 Å². The van der Waals surface area contributed by atoms with Crippen molar-refractivity contribution in [3.63, 3.8) is 0 Å². The molecule has 3 nitrogen and oxygen atoms in total. The van der Waals surface area contributed by atoms with E-state index in [1.165, 1.54) is 0 Å². The van der Waals surface area contributed by atoms with Crippen LogP contribution < -0.4 is 5.32 Å². The molecular weight excluding hydrogens is 166 g/mol. The zero-order chi connectivity index (χ0) is 9.68. The smallest absolute Gasteiger partial charge is 0.306 e. The molecule has 13 heavy (non-hydrogen) atoms. The van der Waals surface area contributed by atoms with Crippen molar-refractivity contribution < 1.29 is 9.90 Å². The van der Waals surface area contributed by atoms with Crippen molar-refractivity contribution in [1.82, 2.24) is 5.32 Å². The number of aliphatic carboxylic acids is 1. The Balaban J connectivity index is 2.32. The maximum Gasteiger partial charge on any atom is 0.306 e. The Labute approximate surface area is 78.8 Å². The van der Waals surface area contributed by atoms with Crippen LogP contribution in [-0.2, 0) is 4.79 Å². The summed E-state index contributed by atoms with van der Waals surface area (Å²) in [6, 6.07) is 0.368. The van der Waals surface area contributed by atoms with Crippen LogP contribution in [0.5, 0.6) is 0 Å². The van der Waals surface area contributed by atoms with Gasteiger partial charge in [0.25, 0.3) is 0 Å². The van der Waals surface area contributed by atoms with E-state index in [2.05, 4.69) is 11.9 Å². The van der Waals surface area contributed by atoms with Gasteiger partial charge in [0.2, 0.25) is 0 Å². The molecule has 0 radical (unpaired) electrons. The summed E-state index contributed by atoms with van der Waals surface area (Å²) >= 11 is 0. The van der Waals surface area contributed by atoms with Crippen LogP contribution in [-0.4, -0.2) is 23.7 Å². The van der Waals surface area contributed by atoms with E-state index in [-0.39, 0.29) is 5.92 Å². The number of rotatable bonds is 4. The lowest BCUT2D eigenvalue weighted by atomic mass is 9.86. The van der Waals surface area contributed by atoms with E-state index >= 15 is 0 Å². The highest BCUT2D eigenvalue weighted by atomic mass is 16.4. The number of hydrogen-bond acceptors (Lipinski definition) is 2. The third-order valence-electron chi connectivity index (χ3n) is 2.57. The highest BCUT2D eigenvalue weighted by Crippen LogP contribution is 2.24. The van der Waals surface area contributed by atoms with Crippen molar-refractivity contribution >= 4 is 5.97 Å². The molecule has 0 aliphatic heterocycles. The molecule has 0 saturated heterocycles. The van der Waals surface area contributed by atoms with Gasteiger partial charge in [-0.2, -0.15) is 0 Å². The summed E-state index contributed by atoms with van der Waals surface area (Å²) in [4.78, 5) is 10.7. The fourth-order valence-corrected chi connectivity index (χ4v) is 1.85. The Morgan fingerprint density at radius 3 is 3.00 bits per heavy atom. The number of hydrogen-bond donors (Lipinski definition) is 2. The molecule has 0 heterocycles. The van der Waals surface area contributed by atoms with E-state index in [1.807, 2.05) is 6.08 Å². The topological polar surface area (TPSA) is 49.3 Å². The van der Waals surface area contributed by atoms with E-state index in [0.717, 1.165) is 32.2 Å². The lowest BCUT2D eigenvalue weighted by Gasteiger charge is -2.26. The summed E-state index contributed by atoms with van der Waals surface area (Å²) in [6.45, 7) is 4.40. The fraction of sp³-hybridized carbons (Fsp3) is 0.700. The standard InChI is InChI=1S/C10H17NO2/c1-2-6-11-9-5-3-4-8(7-9)10(12)13/h2,8-9,11H,1,3-7H2,(H,12,13). The molecule has 1 saturated carbocycles. The van der Waals surface area contributed by atoms with Crippen molar-refractivity contribution in [3.05, 3.63) is 12.7 Å². The Morgan fingerprint density at radius 2 is 2.38 bits per heavy atom. The largest absolute Gasteiger partial charge is 0.481 e. The molecule has 1 aliphatic carbocycles. The maximum absolute atomic E-state index is 10.7. The highest BCUT2D eigenvalue weighted by Gasteiger charge is 2.26. The van der Waals surface area contributed by atoms with Gasteiger partial charge in [0.05, 0.1) is 5.92 Å². The third kappa shape index (κ3) is 3.19. The van der Waals surface area contributed by atoms with Gasteiger partial charge in [0, 0.05) is 12.6 Å². The van der Waals surface area contributed by atoms with Crippen molar-refractivity contribution in [2.75, 3.05) is 6.54 Å². The van der Waals surface area contributed by atoms with Gasteiger partial charge in [-0.1, -0.05) is 12.5 Å². The molecular formula is C10H17NO2. The van der Waals surface area contributed by atoms with Crippen molar-refractivity contribution in [3.8, 4) is 0 Å². The normalized spacial score (nSPS) is 28.3. The van der Waals surface area contributed by atoms with E-state index in [1.54, 1.807) is 0 Å². The average Bonchev–Trinajstić information content (AvgIpc) is 2.15. The van der Waals surface area contributed by atoms with Crippen LogP contribution in [0.4, 0.5) is 0 Å². The lowest BCUT2D eigenvalue weighted by Crippen LogP contribution is -2.36. The predicted molar refractivity (Wildman–Crippen MR) is 51.6 cm³/mol. The minimum Gasteiger partial charge on any atom is -0.481 e. The first-order valence-electron chi connectivity index (χ1n) is 4.81. The van der Waals surface area contributed by atoms with Gasteiger partial charge in [-0.25, -0.2) is 0 Å². The molecule has 2 N–H and O–H groups in total. The van der Waals surface area contributed by atoms with Gasteiger partial charge in [0.1, 0.15) is 0 Å². The van der Waals surface area contributed by atoms with Gasteiger partial charge in [-0.05, 0) is 19.3 Å². The van der Waals surface area contributed by atoms with Gasteiger partial charge in [-0.15, -0.1) is 6.58 Å². The summed E-state index contributed by atoms with van der Waals surface area (Å²) in [7, 11) is 0. The van der Waals surface area contributed by atoms with E-state index < -0.39 is 5.97 Å². The monoisotopic (exact) mass is 183 g/mol. The first kappa shape index (κ1) is 10.3. The molecule has 3 heteroatoms. The van der Waals surface area contributed by atoms with Gasteiger partial charge in [-0.3, -0.25) is 4.79 Å². The second-order valence-electron chi connectivity index (χ2n) is 3.60. The van der Waals surface area contributed by atoms with Crippen LogP contribution in [0.15, 0.2) is 12.7 Å². The van der Waals surface area contributed by atoms with Crippen molar-refractivity contribution in [2.45, 2.75) is 31.7 Å². The molecule has 0 aromatic heterocycles. The van der Waals surface area contributed by atoms with Crippen LogP contribution >= 0.6 is 0 Å². The van der Waals surface area contributed by atoms with Crippen LogP contribution in [0.3, 0.4) is 0 Å². The second-order valence-corrected chi connectivity index (χ2v) is 3.60. The first-order valence-corrected chi connectivity index (χ1v) is 4.81. The van der Waals surface area contributed by atoms with Gasteiger partial charge in [0.15, 0.2) is 0 Å². The number of carboxylic acids is 1. The molecule has 0 aromatic carbocycles. The van der Waals surface area contributed by atoms with Crippen LogP contribution in [0.2, 0.25) is 0 Å². The lowest BCUT2D eigenvalue weighted by molar-refractivity contribution is -0.143. The first-order chi connectivity index (χ1) is 6.24. The molecule has 1 fully saturated rings. The Morgan fingerprint density at radius 1 is 1.62 bits per heavy atom. The highest BCUT2D eigenvalue weighted by molar-refractivity contribution is 5.70. The minimum absolute atomic E-state index is 0.143. The second kappa shape index (κ2) is 5.02. The summed E-state index contributed by atoms with van der Waals surface area (Å²) in [5, 5.41) is 12.1. The summed E-state index contributed by atoms with van der Waals surface area (Å²) in [5.74, 6) is -0.791. The van der Waals surface area contributed by atoms with Gasteiger partial charge < -0.3 is 10.4 Å². The van der Waals surface area contributed by atoms with Crippen molar-refractivity contribution in [1.29, 1.82) is 0 Å². The average molecular weight is 183 g/mol.